The van der Waals surface area contributed by atoms with Crippen LogP contribution in [0.4, 0.5) is 0 Å². The van der Waals surface area contributed by atoms with E-state index >= 15 is 0 Å². The first-order valence-corrected chi connectivity index (χ1v) is 5.17. The summed E-state index contributed by atoms with van der Waals surface area (Å²) in [5.41, 5.74) is 1.69. The van der Waals surface area contributed by atoms with Gasteiger partial charge in [0, 0.05) is 17.1 Å². The maximum Gasteiger partial charge on any atom is 0.245 e. The highest BCUT2D eigenvalue weighted by Crippen LogP contribution is 2.26. The second-order valence-electron chi connectivity index (χ2n) is 3.35. The van der Waals surface area contributed by atoms with E-state index in [4.69, 9.17) is 21.4 Å². The fraction of sp³-hybridized carbons (Fsp3) is 0.364. The van der Waals surface area contributed by atoms with Crippen molar-refractivity contribution in [1.29, 1.82) is 0 Å². The number of nitrogens with one attached hydrogen (secondary N) is 1. The molecule has 0 aromatic heterocycles. The van der Waals surface area contributed by atoms with Crippen LogP contribution >= 0.6 is 11.6 Å². The van der Waals surface area contributed by atoms with Gasteiger partial charge in [-0.3, -0.25) is 4.79 Å². The highest BCUT2D eigenvalue weighted by molar-refractivity contribution is 6.31. The second kappa shape index (κ2) is 5.72. The molecule has 0 saturated carbocycles. The number of carbonyl (C=O) groups is 1. The Morgan fingerprint density at radius 3 is 2.81 bits per heavy atom. The van der Waals surface area contributed by atoms with Crippen LogP contribution in [0.5, 0.6) is 5.75 Å². The monoisotopic (exact) mass is 243 g/mol. The van der Waals surface area contributed by atoms with E-state index in [2.05, 4.69) is 5.32 Å². The molecule has 2 N–H and O–H groups in total. The maximum absolute atomic E-state index is 10.9. The van der Waals surface area contributed by atoms with E-state index in [0.29, 0.717) is 10.8 Å². The zero-order valence-electron chi connectivity index (χ0n) is 9.21. The van der Waals surface area contributed by atoms with Crippen molar-refractivity contribution in [2.75, 3.05) is 13.7 Å². The molecule has 5 heteroatoms. The summed E-state index contributed by atoms with van der Waals surface area (Å²) in [6.45, 7) is 1.63. The van der Waals surface area contributed by atoms with Crippen molar-refractivity contribution in [3.8, 4) is 5.75 Å². The molecule has 0 bridgehead atoms. The highest BCUT2D eigenvalue weighted by Gasteiger charge is 2.08. The molecular weight excluding hydrogens is 230 g/mol. The van der Waals surface area contributed by atoms with Crippen molar-refractivity contribution in [2.24, 2.45) is 0 Å². The van der Waals surface area contributed by atoms with E-state index < -0.39 is 12.5 Å². The van der Waals surface area contributed by atoms with Gasteiger partial charge in [0.15, 0.2) is 0 Å². The number of halogens is 1. The number of hydrogen-bond donors (Lipinski definition) is 2. The predicted molar refractivity (Wildman–Crippen MR) is 61.7 cm³/mol. The SMILES string of the molecule is COc1cc(C)c(Cl)cc1CNC(=O)CO. The zero-order chi connectivity index (χ0) is 12.1. The van der Waals surface area contributed by atoms with E-state index in [9.17, 15) is 4.79 Å². The van der Waals surface area contributed by atoms with Crippen molar-refractivity contribution < 1.29 is 14.6 Å². The minimum absolute atomic E-state index is 0.280. The largest absolute Gasteiger partial charge is 0.496 e. The number of aryl methyl sites for hydroxylation is 1. The Bertz CT molecular complexity index is 393. The topological polar surface area (TPSA) is 58.6 Å². The lowest BCUT2D eigenvalue weighted by Gasteiger charge is -2.11. The summed E-state index contributed by atoms with van der Waals surface area (Å²) < 4.78 is 5.17. The third kappa shape index (κ3) is 3.12. The molecule has 0 saturated heterocycles. The van der Waals surface area contributed by atoms with Gasteiger partial charge in [-0.25, -0.2) is 0 Å². The smallest absolute Gasteiger partial charge is 0.245 e. The third-order valence-electron chi connectivity index (χ3n) is 2.18. The van der Waals surface area contributed by atoms with Gasteiger partial charge >= 0.3 is 0 Å². The number of methoxy groups -OCH3 is 1. The van der Waals surface area contributed by atoms with Crippen molar-refractivity contribution >= 4 is 17.5 Å². The Labute approximate surface area is 99.2 Å². The standard InChI is InChI=1S/C11H14ClNO3/c1-7-3-10(16-2)8(4-9(7)12)5-13-11(15)6-14/h3-4,14H,5-6H2,1-2H3,(H,13,15). The molecular formula is C11H14ClNO3. The van der Waals surface area contributed by atoms with Crippen LogP contribution in [0.15, 0.2) is 12.1 Å². The fourth-order valence-corrected chi connectivity index (χ4v) is 1.46. The van der Waals surface area contributed by atoms with Gasteiger partial charge in [-0.1, -0.05) is 11.6 Å². The van der Waals surface area contributed by atoms with E-state index in [0.717, 1.165) is 11.1 Å². The van der Waals surface area contributed by atoms with E-state index in [-0.39, 0.29) is 6.54 Å². The van der Waals surface area contributed by atoms with Crippen molar-refractivity contribution in [1.82, 2.24) is 5.32 Å². The van der Waals surface area contributed by atoms with Gasteiger partial charge in [-0.15, -0.1) is 0 Å². The molecule has 0 unspecified atom stereocenters. The van der Waals surface area contributed by atoms with Gasteiger partial charge in [-0.2, -0.15) is 0 Å². The summed E-state index contributed by atoms with van der Waals surface area (Å²) in [5, 5.41) is 11.7. The molecule has 0 atom stereocenters. The van der Waals surface area contributed by atoms with Gasteiger partial charge in [0.25, 0.3) is 0 Å². The summed E-state index contributed by atoms with van der Waals surface area (Å²) in [6.07, 6.45) is 0. The van der Waals surface area contributed by atoms with Crippen LogP contribution in [0, 0.1) is 6.92 Å². The molecule has 0 radical (unpaired) electrons. The zero-order valence-corrected chi connectivity index (χ0v) is 9.97. The van der Waals surface area contributed by atoms with Crippen LogP contribution in [-0.4, -0.2) is 24.7 Å². The highest BCUT2D eigenvalue weighted by atomic mass is 35.5. The molecule has 0 aliphatic carbocycles. The van der Waals surface area contributed by atoms with E-state index in [1.807, 2.05) is 13.0 Å². The summed E-state index contributed by atoms with van der Waals surface area (Å²) >= 11 is 5.97. The molecule has 1 aromatic carbocycles. The normalized spacial score (nSPS) is 10.0. The van der Waals surface area contributed by atoms with Crippen LogP contribution < -0.4 is 10.1 Å². The number of aliphatic hydroxyl groups excluding tert-OH is 1. The molecule has 16 heavy (non-hydrogen) atoms. The molecule has 0 fully saturated rings. The Hall–Kier alpha value is -1.26. The first kappa shape index (κ1) is 12.8. The quantitative estimate of drug-likeness (QED) is 0.837. The first-order valence-electron chi connectivity index (χ1n) is 4.79. The van der Waals surface area contributed by atoms with Crippen molar-refractivity contribution in [3.05, 3.63) is 28.3 Å². The van der Waals surface area contributed by atoms with Gasteiger partial charge in [0.05, 0.1) is 7.11 Å². The Morgan fingerprint density at radius 1 is 1.56 bits per heavy atom. The van der Waals surface area contributed by atoms with E-state index in [1.54, 1.807) is 13.2 Å². The molecule has 0 spiro atoms. The fourth-order valence-electron chi connectivity index (χ4n) is 1.27. The van der Waals surface area contributed by atoms with Crippen LogP contribution in [-0.2, 0) is 11.3 Å². The van der Waals surface area contributed by atoms with Crippen LogP contribution in [0.2, 0.25) is 5.02 Å². The number of benzene rings is 1. The predicted octanol–water partition coefficient (Wildman–Crippen LogP) is 1.27. The van der Waals surface area contributed by atoms with Crippen LogP contribution in [0.3, 0.4) is 0 Å². The number of hydrogen-bond acceptors (Lipinski definition) is 3. The number of amides is 1. The second-order valence-corrected chi connectivity index (χ2v) is 3.76. The average Bonchev–Trinajstić information content (AvgIpc) is 2.29. The van der Waals surface area contributed by atoms with Crippen molar-refractivity contribution in [3.63, 3.8) is 0 Å². The molecule has 88 valence electrons. The third-order valence-corrected chi connectivity index (χ3v) is 2.59. The van der Waals surface area contributed by atoms with Gasteiger partial charge in [0.2, 0.25) is 5.91 Å². The van der Waals surface area contributed by atoms with Gasteiger partial charge in [-0.05, 0) is 24.6 Å². The summed E-state index contributed by atoms with van der Waals surface area (Å²) in [5.74, 6) is 0.235. The van der Waals surface area contributed by atoms with Gasteiger partial charge < -0.3 is 15.2 Å². The molecule has 0 heterocycles. The minimum atomic E-state index is -0.526. The summed E-state index contributed by atoms with van der Waals surface area (Å²) in [7, 11) is 1.56. The average molecular weight is 244 g/mol. The molecule has 0 aliphatic heterocycles. The maximum atomic E-state index is 10.9. The molecule has 4 nitrogen and oxygen atoms in total. The molecule has 0 aliphatic rings. The number of ether oxygens (including phenoxy) is 1. The number of aliphatic hydroxyl groups is 1. The minimum Gasteiger partial charge on any atom is -0.496 e. The van der Waals surface area contributed by atoms with E-state index in [1.165, 1.54) is 0 Å². The van der Waals surface area contributed by atoms with Crippen molar-refractivity contribution in [2.45, 2.75) is 13.5 Å². The van der Waals surface area contributed by atoms with Crippen LogP contribution in [0.25, 0.3) is 0 Å². The molecule has 1 aromatic rings. The Kier molecular flexibility index (Phi) is 4.58. The molecule has 1 rings (SSSR count). The summed E-state index contributed by atoms with van der Waals surface area (Å²) in [4.78, 5) is 10.9. The number of rotatable bonds is 4. The van der Waals surface area contributed by atoms with Crippen LogP contribution in [0.1, 0.15) is 11.1 Å². The Morgan fingerprint density at radius 2 is 2.25 bits per heavy atom. The first-order chi connectivity index (χ1) is 7.58. The van der Waals surface area contributed by atoms with Gasteiger partial charge in [0.1, 0.15) is 12.4 Å². The Balaban J connectivity index is 2.86. The molecule has 1 amide bonds. The lowest BCUT2D eigenvalue weighted by atomic mass is 10.1. The lowest BCUT2D eigenvalue weighted by Crippen LogP contribution is -2.25. The lowest BCUT2D eigenvalue weighted by molar-refractivity contribution is -0.123. The number of carbonyl (C=O) groups excluding carboxylic acids is 1. The summed E-state index contributed by atoms with van der Waals surface area (Å²) in [6, 6.07) is 3.55.